The van der Waals surface area contributed by atoms with Crippen LogP contribution in [0.5, 0.6) is 0 Å². The predicted octanol–water partition coefficient (Wildman–Crippen LogP) is 1.19. The molecule has 1 aliphatic heterocycles. The number of rotatable bonds is 3. The molecule has 1 amide bonds. The molecule has 1 aromatic rings. The molecule has 1 aromatic carbocycles. The highest BCUT2D eigenvalue weighted by molar-refractivity contribution is 7.91. The van der Waals surface area contributed by atoms with Gasteiger partial charge >= 0.3 is 0 Å². The molecule has 0 saturated carbocycles. The molecule has 1 aliphatic rings. The number of carbonyl (C=O) groups is 1. The van der Waals surface area contributed by atoms with E-state index < -0.39 is 27.6 Å². The molecule has 1 unspecified atom stereocenters. The van der Waals surface area contributed by atoms with Crippen LogP contribution < -0.4 is 10.6 Å². The van der Waals surface area contributed by atoms with Gasteiger partial charge < -0.3 is 10.6 Å². The van der Waals surface area contributed by atoms with Gasteiger partial charge in [-0.3, -0.25) is 4.79 Å². The fourth-order valence-electron chi connectivity index (χ4n) is 2.02. The van der Waals surface area contributed by atoms with E-state index in [1.807, 2.05) is 0 Å². The summed E-state index contributed by atoms with van der Waals surface area (Å²) in [6.45, 7) is 0.325. The van der Waals surface area contributed by atoms with Crippen LogP contribution in [-0.2, 0) is 14.6 Å². The largest absolute Gasteiger partial charge is 0.323 e. The van der Waals surface area contributed by atoms with Crippen LogP contribution in [0, 0.1) is 5.82 Å². The molecule has 0 aliphatic carbocycles. The summed E-state index contributed by atoms with van der Waals surface area (Å²) in [5.41, 5.74) is -0.0128. The molecule has 1 heterocycles. The molecule has 20 heavy (non-hydrogen) atoms. The van der Waals surface area contributed by atoms with Crippen LogP contribution in [0.15, 0.2) is 18.2 Å². The summed E-state index contributed by atoms with van der Waals surface area (Å²) in [5, 5.41) is 5.27. The van der Waals surface area contributed by atoms with Gasteiger partial charge in [0, 0.05) is 19.0 Å². The minimum Gasteiger partial charge on any atom is -0.323 e. The number of nitrogens with one attached hydrogen (secondary N) is 2. The Labute approximate surface area is 121 Å². The average molecular weight is 321 g/mol. The first-order chi connectivity index (χ1) is 9.37. The molecule has 5 nitrogen and oxygen atoms in total. The van der Waals surface area contributed by atoms with Crippen molar-refractivity contribution in [3.63, 3.8) is 0 Å². The lowest BCUT2D eigenvalue weighted by Gasteiger charge is -2.23. The number of sulfone groups is 1. The first-order valence-electron chi connectivity index (χ1n) is 6.05. The van der Waals surface area contributed by atoms with Crippen LogP contribution in [0.2, 0.25) is 5.02 Å². The van der Waals surface area contributed by atoms with E-state index in [-0.39, 0.29) is 28.6 Å². The minimum absolute atomic E-state index is 0.0128. The van der Waals surface area contributed by atoms with Crippen LogP contribution in [0.4, 0.5) is 10.1 Å². The number of anilines is 1. The van der Waals surface area contributed by atoms with Gasteiger partial charge in [0.05, 0.1) is 22.2 Å². The van der Waals surface area contributed by atoms with Crippen molar-refractivity contribution in [3.05, 3.63) is 29.0 Å². The Morgan fingerprint density at radius 1 is 1.50 bits per heavy atom. The Morgan fingerprint density at radius 3 is 2.95 bits per heavy atom. The molecule has 0 aromatic heterocycles. The standard InChI is InChI=1S/C12H14ClFN2O3S/c13-9-2-1-3-10(12(9)14)16-11(17)6-8-7-20(18,19)5-4-15-8/h1-3,8,15H,4-7H2,(H,16,17). The van der Waals surface area contributed by atoms with Gasteiger partial charge in [0.2, 0.25) is 5.91 Å². The van der Waals surface area contributed by atoms with Crippen molar-refractivity contribution in [1.82, 2.24) is 5.32 Å². The lowest BCUT2D eigenvalue weighted by atomic mass is 10.2. The molecule has 1 fully saturated rings. The molecule has 110 valence electrons. The van der Waals surface area contributed by atoms with Gasteiger partial charge in [-0.25, -0.2) is 12.8 Å². The highest BCUT2D eigenvalue weighted by Crippen LogP contribution is 2.22. The minimum atomic E-state index is -3.10. The van der Waals surface area contributed by atoms with Crippen molar-refractivity contribution >= 4 is 33.0 Å². The summed E-state index contributed by atoms with van der Waals surface area (Å²) in [5.74, 6) is -1.17. The number of carbonyl (C=O) groups excluding carboxylic acids is 1. The van der Waals surface area contributed by atoms with E-state index in [9.17, 15) is 17.6 Å². The maximum absolute atomic E-state index is 13.6. The summed E-state index contributed by atoms with van der Waals surface area (Å²) >= 11 is 5.61. The van der Waals surface area contributed by atoms with Crippen molar-refractivity contribution in [1.29, 1.82) is 0 Å². The van der Waals surface area contributed by atoms with Gasteiger partial charge in [0.15, 0.2) is 15.7 Å². The number of hydrogen-bond acceptors (Lipinski definition) is 4. The van der Waals surface area contributed by atoms with Gasteiger partial charge in [-0.15, -0.1) is 0 Å². The van der Waals surface area contributed by atoms with Crippen LogP contribution in [0.1, 0.15) is 6.42 Å². The topological polar surface area (TPSA) is 75.3 Å². The van der Waals surface area contributed by atoms with E-state index in [1.54, 1.807) is 0 Å². The second kappa shape index (κ2) is 6.07. The molecule has 0 radical (unpaired) electrons. The predicted molar refractivity (Wildman–Crippen MR) is 75.1 cm³/mol. The zero-order valence-corrected chi connectivity index (χ0v) is 12.1. The Morgan fingerprint density at radius 2 is 2.25 bits per heavy atom. The number of hydrogen-bond donors (Lipinski definition) is 2. The van der Waals surface area contributed by atoms with E-state index in [0.29, 0.717) is 6.54 Å². The summed E-state index contributed by atoms with van der Waals surface area (Å²) in [7, 11) is -3.10. The van der Waals surface area contributed by atoms with Gasteiger partial charge in [-0.1, -0.05) is 17.7 Å². The summed E-state index contributed by atoms with van der Waals surface area (Å²) in [6, 6.07) is 3.84. The maximum atomic E-state index is 13.6. The second-order valence-corrected chi connectivity index (χ2v) is 7.26. The van der Waals surface area contributed by atoms with E-state index in [0.717, 1.165) is 0 Å². The summed E-state index contributed by atoms with van der Waals surface area (Å²) in [6.07, 6.45) is -0.0365. The normalized spacial score (nSPS) is 21.4. The lowest BCUT2D eigenvalue weighted by Crippen LogP contribution is -2.46. The molecule has 0 bridgehead atoms. The molecule has 2 N–H and O–H groups in total. The number of amides is 1. The molecule has 1 atom stereocenters. The fourth-order valence-corrected chi connectivity index (χ4v) is 3.64. The smallest absolute Gasteiger partial charge is 0.226 e. The highest BCUT2D eigenvalue weighted by Gasteiger charge is 2.26. The van der Waals surface area contributed by atoms with Crippen molar-refractivity contribution in [3.8, 4) is 0 Å². The van der Waals surface area contributed by atoms with E-state index in [2.05, 4.69) is 10.6 Å². The number of benzene rings is 1. The maximum Gasteiger partial charge on any atom is 0.226 e. The van der Waals surface area contributed by atoms with Crippen molar-refractivity contribution in [2.75, 3.05) is 23.4 Å². The van der Waals surface area contributed by atoms with E-state index >= 15 is 0 Å². The van der Waals surface area contributed by atoms with Gasteiger partial charge in [-0.05, 0) is 12.1 Å². The fraction of sp³-hybridized carbons (Fsp3) is 0.417. The zero-order chi connectivity index (χ0) is 14.8. The van der Waals surface area contributed by atoms with Crippen molar-refractivity contribution in [2.24, 2.45) is 0 Å². The Bertz CT molecular complexity index is 621. The number of halogens is 2. The lowest BCUT2D eigenvalue weighted by molar-refractivity contribution is -0.116. The summed E-state index contributed by atoms with van der Waals surface area (Å²) < 4.78 is 36.5. The third-order valence-electron chi connectivity index (χ3n) is 2.96. The zero-order valence-electron chi connectivity index (χ0n) is 10.5. The molecule has 1 saturated heterocycles. The van der Waals surface area contributed by atoms with E-state index in [1.165, 1.54) is 18.2 Å². The Balaban J connectivity index is 1.97. The van der Waals surface area contributed by atoms with Crippen LogP contribution in [-0.4, -0.2) is 38.4 Å². The van der Waals surface area contributed by atoms with Crippen molar-refractivity contribution in [2.45, 2.75) is 12.5 Å². The van der Waals surface area contributed by atoms with Crippen LogP contribution in [0.3, 0.4) is 0 Å². The van der Waals surface area contributed by atoms with Gasteiger partial charge in [0.25, 0.3) is 0 Å². The molecular formula is C12H14ClFN2O3S. The SMILES string of the molecule is O=C(CC1CS(=O)(=O)CCN1)Nc1cccc(Cl)c1F. The molecule has 2 rings (SSSR count). The average Bonchev–Trinajstić information content (AvgIpc) is 2.33. The second-order valence-electron chi connectivity index (χ2n) is 4.62. The first-order valence-corrected chi connectivity index (χ1v) is 8.25. The quantitative estimate of drug-likeness (QED) is 0.877. The van der Waals surface area contributed by atoms with Gasteiger partial charge in [-0.2, -0.15) is 0 Å². The van der Waals surface area contributed by atoms with Crippen LogP contribution >= 0.6 is 11.6 Å². The Hall–Kier alpha value is -1.18. The van der Waals surface area contributed by atoms with Gasteiger partial charge in [0.1, 0.15) is 0 Å². The third-order valence-corrected chi connectivity index (χ3v) is 4.99. The Kier molecular flexibility index (Phi) is 4.62. The highest BCUT2D eigenvalue weighted by atomic mass is 35.5. The molecule has 8 heteroatoms. The van der Waals surface area contributed by atoms with Crippen molar-refractivity contribution < 1.29 is 17.6 Å². The molecule has 0 spiro atoms. The van der Waals surface area contributed by atoms with Crippen LogP contribution in [0.25, 0.3) is 0 Å². The summed E-state index contributed by atoms with van der Waals surface area (Å²) in [4.78, 5) is 11.8. The monoisotopic (exact) mass is 320 g/mol. The third kappa shape index (κ3) is 3.91. The first kappa shape index (κ1) is 15.2. The van der Waals surface area contributed by atoms with E-state index in [4.69, 9.17) is 11.6 Å². The molecular weight excluding hydrogens is 307 g/mol.